The molecule has 0 aliphatic heterocycles. The van der Waals surface area contributed by atoms with E-state index < -0.39 is 0 Å². The number of hydrogen-bond donors (Lipinski definition) is 1. The van der Waals surface area contributed by atoms with Gasteiger partial charge in [-0.25, -0.2) is 9.97 Å². The van der Waals surface area contributed by atoms with E-state index in [0.717, 1.165) is 0 Å². The second-order valence-electron chi connectivity index (χ2n) is 4.30. The summed E-state index contributed by atoms with van der Waals surface area (Å²) >= 11 is 0. The molecule has 0 bridgehead atoms. The minimum absolute atomic E-state index is 1.33. The summed E-state index contributed by atoms with van der Waals surface area (Å²) in [5.74, 6) is 0. The van der Waals surface area contributed by atoms with E-state index in [1.54, 1.807) is 68.0 Å². The maximum atomic E-state index is 3.78. The lowest BCUT2D eigenvalue weighted by molar-refractivity contribution is 0.881. The van der Waals surface area contributed by atoms with Crippen molar-refractivity contribution in [1.29, 1.82) is 0 Å². The van der Waals surface area contributed by atoms with E-state index in [4.69, 9.17) is 0 Å². The molecule has 0 unspecified atom stereocenters. The molecular weight excluding hydrogens is 370 g/mol. The van der Waals surface area contributed by atoms with Gasteiger partial charge < -0.3 is 0 Å². The van der Waals surface area contributed by atoms with E-state index in [2.05, 4.69) is 55.7 Å². The van der Waals surface area contributed by atoms with Gasteiger partial charge in [-0.15, -0.1) is 10.2 Å². The fourth-order valence-corrected chi connectivity index (χ4v) is 1.20. The summed E-state index contributed by atoms with van der Waals surface area (Å²) in [5.41, 5.74) is 0. The first-order valence-electron chi connectivity index (χ1n) is 8.13. The molecule has 0 fully saturated rings. The number of aromatic nitrogens is 11. The van der Waals surface area contributed by atoms with Crippen LogP contribution in [0.25, 0.3) is 0 Å². The predicted molar refractivity (Wildman–Crippen MR) is 105 cm³/mol. The van der Waals surface area contributed by atoms with Gasteiger partial charge in [0.15, 0.2) is 6.33 Å². The summed E-state index contributed by atoms with van der Waals surface area (Å²) in [7, 11) is 0. The van der Waals surface area contributed by atoms with Crippen LogP contribution in [0.15, 0.2) is 111 Å². The minimum Gasteiger partial charge on any atom is -0.265 e. The summed E-state index contributed by atoms with van der Waals surface area (Å²) in [4.78, 5) is 18.6. The second kappa shape index (κ2) is 19.8. The van der Waals surface area contributed by atoms with Crippen LogP contribution in [0.5, 0.6) is 0 Å². The van der Waals surface area contributed by atoms with Crippen molar-refractivity contribution >= 4 is 0 Å². The lowest BCUT2D eigenvalue weighted by atomic mass is 10.5. The summed E-state index contributed by atoms with van der Waals surface area (Å²) < 4.78 is 0. The quantitative estimate of drug-likeness (QED) is 0.415. The molecule has 11 nitrogen and oxygen atoms in total. The third-order valence-electron chi connectivity index (χ3n) is 2.27. The van der Waals surface area contributed by atoms with Crippen LogP contribution < -0.4 is 0 Å². The molecule has 146 valence electrons. The molecule has 0 spiro atoms. The van der Waals surface area contributed by atoms with Gasteiger partial charge in [0.25, 0.3) is 0 Å². The predicted octanol–water partition coefficient (Wildman–Crippen LogP) is 1.71. The number of hydrogen-bond acceptors (Lipinski definition) is 10. The SMILES string of the molecule is c1ccncc1.c1ccnnc1.c1cnccn1.c1cncnc1.c1nn[nH]n1. The highest BCUT2D eigenvalue weighted by atomic mass is 15.5. The first kappa shape index (κ1) is 22.5. The van der Waals surface area contributed by atoms with Gasteiger partial charge in [0.1, 0.15) is 6.33 Å². The molecule has 11 heteroatoms. The molecule has 0 aromatic carbocycles. The zero-order valence-electron chi connectivity index (χ0n) is 15.4. The Kier molecular flexibility index (Phi) is 15.3. The molecular formula is C18H19N11. The van der Waals surface area contributed by atoms with Crippen molar-refractivity contribution < 1.29 is 0 Å². The van der Waals surface area contributed by atoms with Gasteiger partial charge in [0.2, 0.25) is 0 Å². The number of nitrogens with one attached hydrogen (secondary N) is 1. The topological polar surface area (TPSA) is 145 Å². The molecule has 5 rings (SSSR count). The van der Waals surface area contributed by atoms with Gasteiger partial charge in [0, 0.05) is 62.0 Å². The largest absolute Gasteiger partial charge is 0.265 e. The molecule has 0 radical (unpaired) electrons. The number of tetrazole rings is 1. The van der Waals surface area contributed by atoms with Crippen molar-refractivity contribution in [2.24, 2.45) is 0 Å². The minimum atomic E-state index is 1.33. The van der Waals surface area contributed by atoms with Crippen molar-refractivity contribution in [3.8, 4) is 0 Å². The highest BCUT2D eigenvalue weighted by molar-refractivity contribution is 4.88. The Balaban J connectivity index is 0.000000182. The molecule has 0 saturated carbocycles. The van der Waals surface area contributed by atoms with E-state index in [1.165, 1.54) is 12.7 Å². The molecule has 0 amide bonds. The number of aromatic amines is 1. The van der Waals surface area contributed by atoms with Crippen molar-refractivity contribution in [3.05, 3.63) is 111 Å². The Hall–Kier alpha value is -4.54. The fraction of sp³-hybridized carbons (Fsp3) is 0. The smallest absolute Gasteiger partial charge is 0.161 e. The number of pyridine rings is 1. The van der Waals surface area contributed by atoms with Gasteiger partial charge >= 0.3 is 0 Å². The molecule has 29 heavy (non-hydrogen) atoms. The zero-order valence-corrected chi connectivity index (χ0v) is 15.4. The van der Waals surface area contributed by atoms with E-state index in [-0.39, 0.29) is 0 Å². The molecule has 0 aliphatic carbocycles. The molecule has 0 atom stereocenters. The van der Waals surface area contributed by atoms with Gasteiger partial charge in [-0.1, -0.05) is 11.3 Å². The summed E-state index contributed by atoms with van der Waals surface area (Å²) in [6.07, 6.45) is 19.5. The van der Waals surface area contributed by atoms with Crippen LogP contribution in [0.3, 0.4) is 0 Å². The van der Waals surface area contributed by atoms with E-state index in [0.29, 0.717) is 0 Å². The molecule has 5 aromatic heterocycles. The van der Waals surface area contributed by atoms with E-state index >= 15 is 0 Å². The van der Waals surface area contributed by atoms with Crippen LogP contribution in [0.1, 0.15) is 0 Å². The molecule has 5 heterocycles. The first-order chi connectivity index (χ1) is 14.5. The van der Waals surface area contributed by atoms with Gasteiger partial charge in [-0.05, 0) is 30.3 Å². The van der Waals surface area contributed by atoms with E-state index in [1.807, 2.05) is 30.3 Å². The lowest BCUT2D eigenvalue weighted by Gasteiger charge is -1.70. The van der Waals surface area contributed by atoms with Gasteiger partial charge in [0.05, 0.1) is 0 Å². The zero-order chi connectivity index (χ0) is 20.5. The third kappa shape index (κ3) is 18.1. The highest BCUT2D eigenvalue weighted by Gasteiger charge is 1.61. The Morgan fingerprint density at radius 1 is 0.379 bits per heavy atom. The number of nitrogens with zero attached hydrogens (tertiary/aromatic N) is 10. The van der Waals surface area contributed by atoms with Crippen LogP contribution in [-0.4, -0.2) is 55.7 Å². The monoisotopic (exact) mass is 389 g/mol. The maximum absolute atomic E-state index is 3.78. The standard InChI is InChI=1S/C5H5N.3C4H4N2.CH2N4/c1-2-4-6-5-3-1;1-2-6-4-3-5-1;1-2-5-4-6-3-1;1-2-4-6-5-3-1;1-2-4-5-3-1/h1-5H;3*1-4H;1H,(H,2,3,4,5). The molecule has 0 saturated heterocycles. The maximum Gasteiger partial charge on any atom is 0.161 e. The number of H-pyrrole nitrogens is 1. The van der Waals surface area contributed by atoms with Crippen molar-refractivity contribution in [2.45, 2.75) is 0 Å². The Morgan fingerprint density at radius 3 is 1.07 bits per heavy atom. The molecule has 1 N–H and O–H groups in total. The second-order valence-corrected chi connectivity index (χ2v) is 4.30. The summed E-state index contributed by atoms with van der Waals surface area (Å²) in [5, 5.41) is 19.2. The van der Waals surface area contributed by atoms with Crippen LogP contribution >= 0.6 is 0 Å². The summed E-state index contributed by atoms with van der Waals surface area (Å²) in [6, 6.07) is 11.1. The van der Waals surface area contributed by atoms with Crippen molar-refractivity contribution in [2.75, 3.05) is 0 Å². The number of rotatable bonds is 0. The Morgan fingerprint density at radius 2 is 0.897 bits per heavy atom. The average molecular weight is 389 g/mol. The third-order valence-corrected chi connectivity index (χ3v) is 2.27. The van der Waals surface area contributed by atoms with Crippen molar-refractivity contribution in [3.63, 3.8) is 0 Å². The van der Waals surface area contributed by atoms with E-state index in [9.17, 15) is 0 Å². The normalized spacial score (nSPS) is 8.00. The first-order valence-corrected chi connectivity index (χ1v) is 8.13. The average Bonchev–Trinajstić information content (AvgIpc) is 3.45. The molecule has 5 aromatic rings. The highest BCUT2D eigenvalue weighted by Crippen LogP contribution is 1.73. The molecule has 0 aliphatic rings. The van der Waals surface area contributed by atoms with Gasteiger partial charge in [-0.3, -0.25) is 15.0 Å². The summed E-state index contributed by atoms with van der Waals surface area (Å²) in [6.45, 7) is 0. The fourth-order valence-electron chi connectivity index (χ4n) is 1.20. The Labute approximate surface area is 167 Å². The van der Waals surface area contributed by atoms with Gasteiger partial charge in [-0.2, -0.15) is 15.4 Å². The van der Waals surface area contributed by atoms with Crippen LogP contribution in [-0.2, 0) is 0 Å². The lowest BCUT2D eigenvalue weighted by Crippen LogP contribution is -1.69. The Bertz CT molecular complexity index is 599. The van der Waals surface area contributed by atoms with Crippen LogP contribution in [0.4, 0.5) is 0 Å². The van der Waals surface area contributed by atoms with Crippen LogP contribution in [0.2, 0.25) is 0 Å². The van der Waals surface area contributed by atoms with Crippen molar-refractivity contribution in [1.82, 2.24) is 55.7 Å². The van der Waals surface area contributed by atoms with Crippen LogP contribution in [0, 0.1) is 0 Å².